The van der Waals surface area contributed by atoms with Gasteiger partial charge in [0.2, 0.25) is 10.0 Å². The number of rotatable bonds is 6. The molecule has 0 unspecified atom stereocenters. The molecular weight excluding hydrogens is 357 g/mol. The average Bonchev–Trinajstić information content (AvgIpc) is 2.96. The highest BCUT2D eigenvalue weighted by molar-refractivity contribution is 7.89. The maximum atomic E-state index is 12.9. The zero-order valence-electron chi connectivity index (χ0n) is 15.1. The predicted octanol–water partition coefficient (Wildman–Crippen LogP) is 2.37. The molecule has 0 spiro atoms. The fourth-order valence-electron chi connectivity index (χ4n) is 3.32. The summed E-state index contributed by atoms with van der Waals surface area (Å²) in [7, 11) is -3.56. The number of sulfonamides is 1. The minimum absolute atomic E-state index is 0.197. The summed E-state index contributed by atoms with van der Waals surface area (Å²) < 4.78 is 45.0. The van der Waals surface area contributed by atoms with Gasteiger partial charge in [0.15, 0.2) is 5.76 Å². The van der Waals surface area contributed by atoms with Crippen LogP contribution in [-0.4, -0.2) is 55.5 Å². The van der Waals surface area contributed by atoms with Crippen molar-refractivity contribution in [2.45, 2.75) is 31.6 Å². The van der Waals surface area contributed by atoms with Gasteiger partial charge in [0.05, 0.1) is 0 Å². The molecule has 2 heterocycles. The largest absolute Gasteiger partial charge is 0.360 e. The first-order valence-electron chi connectivity index (χ1n) is 8.78. The van der Waals surface area contributed by atoms with Gasteiger partial charge in [0.25, 0.3) is 0 Å². The molecule has 1 aliphatic rings. The number of aromatic nitrogens is 1. The third-order valence-corrected chi connectivity index (χ3v) is 6.89. The van der Waals surface area contributed by atoms with Crippen molar-refractivity contribution < 1.29 is 17.3 Å². The van der Waals surface area contributed by atoms with Crippen molar-refractivity contribution in [1.82, 2.24) is 14.4 Å². The van der Waals surface area contributed by atoms with Gasteiger partial charge < -0.3 is 9.42 Å². The van der Waals surface area contributed by atoms with E-state index >= 15 is 0 Å². The summed E-state index contributed by atoms with van der Waals surface area (Å²) in [4.78, 5) is 2.46. The van der Waals surface area contributed by atoms with Gasteiger partial charge in [0.1, 0.15) is 16.4 Å². The van der Waals surface area contributed by atoms with Crippen LogP contribution in [-0.2, 0) is 16.4 Å². The Hall–Kier alpha value is -1.77. The number of benzene rings is 1. The first kappa shape index (κ1) is 19.0. The lowest BCUT2D eigenvalue weighted by Crippen LogP contribution is -2.48. The molecule has 1 fully saturated rings. The van der Waals surface area contributed by atoms with Gasteiger partial charge in [-0.05, 0) is 50.9 Å². The molecule has 0 radical (unpaired) electrons. The molecule has 0 N–H and O–H groups in total. The third kappa shape index (κ3) is 4.13. The van der Waals surface area contributed by atoms with Crippen LogP contribution in [0.1, 0.15) is 23.4 Å². The summed E-state index contributed by atoms with van der Waals surface area (Å²) >= 11 is 0. The summed E-state index contributed by atoms with van der Waals surface area (Å²) in [6, 6.07) is 6.58. The quantitative estimate of drug-likeness (QED) is 0.769. The molecule has 0 aliphatic carbocycles. The van der Waals surface area contributed by atoms with Gasteiger partial charge in [-0.15, -0.1) is 0 Å². The van der Waals surface area contributed by atoms with E-state index in [0.717, 1.165) is 24.9 Å². The lowest BCUT2D eigenvalue weighted by atomic mass is 10.1. The van der Waals surface area contributed by atoms with Crippen LogP contribution in [0, 0.1) is 19.7 Å². The maximum Gasteiger partial charge on any atom is 0.248 e. The van der Waals surface area contributed by atoms with E-state index < -0.39 is 10.0 Å². The molecule has 6 nitrogen and oxygen atoms in total. The number of halogens is 1. The van der Waals surface area contributed by atoms with Crippen LogP contribution in [0.4, 0.5) is 4.39 Å². The molecule has 1 saturated heterocycles. The number of hydrogen-bond donors (Lipinski definition) is 0. The molecule has 1 aromatic carbocycles. The minimum atomic E-state index is -3.56. The molecule has 2 aromatic rings. The molecule has 1 aromatic heterocycles. The van der Waals surface area contributed by atoms with Crippen LogP contribution in [0.2, 0.25) is 0 Å². The predicted molar refractivity (Wildman–Crippen MR) is 95.9 cm³/mol. The molecule has 0 amide bonds. The van der Waals surface area contributed by atoms with Crippen molar-refractivity contribution in [3.05, 3.63) is 47.1 Å². The van der Waals surface area contributed by atoms with Crippen molar-refractivity contribution in [3.63, 3.8) is 0 Å². The van der Waals surface area contributed by atoms with E-state index in [2.05, 4.69) is 10.1 Å². The zero-order chi connectivity index (χ0) is 18.7. The third-order valence-electron chi connectivity index (χ3n) is 4.75. The fraction of sp³-hybridized carbons (Fsp3) is 0.500. The van der Waals surface area contributed by atoms with Crippen molar-refractivity contribution in [2.24, 2.45) is 0 Å². The Kier molecular flexibility index (Phi) is 5.74. The lowest BCUT2D eigenvalue weighted by molar-refractivity contribution is 0.186. The highest BCUT2D eigenvalue weighted by Crippen LogP contribution is 2.24. The highest BCUT2D eigenvalue weighted by Gasteiger charge is 2.33. The molecule has 26 heavy (non-hydrogen) atoms. The van der Waals surface area contributed by atoms with Crippen LogP contribution in [0.15, 0.2) is 33.7 Å². The van der Waals surface area contributed by atoms with Crippen LogP contribution in [0.3, 0.4) is 0 Å². The molecule has 0 atom stereocenters. The normalized spacial score (nSPS) is 16.9. The Morgan fingerprint density at radius 3 is 2.35 bits per heavy atom. The number of piperazine rings is 1. The second-order valence-electron chi connectivity index (χ2n) is 6.63. The second kappa shape index (κ2) is 7.85. The Balaban J connectivity index is 1.50. The maximum absolute atomic E-state index is 12.9. The Morgan fingerprint density at radius 1 is 1.12 bits per heavy atom. The Bertz CT molecular complexity index is 822. The average molecular weight is 381 g/mol. The van der Waals surface area contributed by atoms with E-state index in [1.54, 1.807) is 13.8 Å². The molecular formula is C18H24FN3O3S. The molecule has 142 valence electrons. The van der Waals surface area contributed by atoms with E-state index in [4.69, 9.17) is 4.52 Å². The molecule has 8 heteroatoms. The standard InChI is InChI=1S/C18H24FN3O3S/c1-14-18(15(2)25-20-14)26(23,24)22-12-10-21(11-13-22)9-3-4-16-5-7-17(19)8-6-16/h5-8H,3-4,9-13H2,1-2H3. The van der Waals surface area contributed by atoms with Crippen LogP contribution >= 0.6 is 0 Å². The number of nitrogens with zero attached hydrogens (tertiary/aromatic N) is 3. The van der Waals surface area contributed by atoms with Crippen molar-refractivity contribution in [1.29, 1.82) is 0 Å². The van der Waals surface area contributed by atoms with Gasteiger partial charge in [-0.25, -0.2) is 12.8 Å². The monoisotopic (exact) mass is 381 g/mol. The first-order chi connectivity index (χ1) is 12.4. The summed E-state index contributed by atoms with van der Waals surface area (Å²) in [5.74, 6) is 0.119. The lowest BCUT2D eigenvalue weighted by Gasteiger charge is -2.33. The summed E-state index contributed by atoms with van der Waals surface area (Å²) in [5.41, 5.74) is 1.52. The SMILES string of the molecule is Cc1noc(C)c1S(=O)(=O)N1CCN(CCCc2ccc(F)cc2)CC1. The number of hydrogen-bond acceptors (Lipinski definition) is 5. The van der Waals surface area contributed by atoms with E-state index in [-0.39, 0.29) is 10.7 Å². The topological polar surface area (TPSA) is 66.7 Å². The van der Waals surface area contributed by atoms with E-state index in [1.807, 2.05) is 12.1 Å². The zero-order valence-corrected chi connectivity index (χ0v) is 15.9. The van der Waals surface area contributed by atoms with Gasteiger partial charge in [0, 0.05) is 26.2 Å². The molecule has 0 saturated carbocycles. The summed E-state index contributed by atoms with van der Waals surface area (Å²) in [6.07, 6.45) is 1.85. The van der Waals surface area contributed by atoms with E-state index in [0.29, 0.717) is 37.6 Å². The number of aryl methyl sites for hydroxylation is 3. The fourth-order valence-corrected chi connectivity index (χ4v) is 5.04. The minimum Gasteiger partial charge on any atom is -0.360 e. The Morgan fingerprint density at radius 2 is 1.77 bits per heavy atom. The van der Waals surface area contributed by atoms with Gasteiger partial charge >= 0.3 is 0 Å². The summed E-state index contributed by atoms with van der Waals surface area (Å²) in [5, 5.41) is 3.75. The molecule has 1 aliphatic heterocycles. The van der Waals surface area contributed by atoms with Gasteiger partial charge in [-0.1, -0.05) is 17.3 Å². The van der Waals surface area contributed by atoms with Crippen LogP contribution < -0.4 is 0 Å². The van der Waals surface area contributed by atoms with Crippen molar-refractivity contribution in [3.8, 4) is 0 Å². The van der Waals surface area contributed by atoms with E-state index in [1.165, 1.54) is 16.4 Å². The highest BCUT2D eigenvalue weighted by atomic mass is 32.2. The van der Waals surface area contributed by atoms with Gasteiger partial charge in [-0.3, -0.25) is 0 Å². The first-order valence-corrected chi connectivity index (χ1v) is 10.2. The smallest absolute Gasteiger partial charge is 0.248 e. The van der Waals surface area contributed by atoms with E-state index in [9.17, 15) is 12.8 Å². The van der Waals surface area contributed by atoms with Crippen molar-refractivity contribution in [2.75, 3.05) is 32.7 Å². The van der Waals surface area contributed by atoms with Crippen molar-refractivity contribution >= 4 is 10.0 Å². The van der Waals surface area contributed by atoms with Crippen LogP contribution in [0.25, 0.3) is 0 Å². The molecule has 3 rings (SSSR count). The summed E-state index contributed by atoms with van der Waals surface area (Å²) in [6.45, 7) is 6.49. The van der Waals surface area contributed by atoms with Crippen LogP contribution in [0.5, 0.6) is 0 Å². The molecule has 0 bridgehead atoms. The second-order valence-corrected chi connectivity index (χ2v) is 8.50. The van der Waals surface area contributed by atoms with Gasteiger partial charge in [-0.2, -0.15) is 4.31 Å². The Labute approximate surface area is 153 Å².